The van der Waals surface area contributed by atoms with Gasteiger partial charge in [-0.25, -0.2) is 0 Å². The monoisotopic (exact) mass is 388 g/mol. The maximum atomic E-state index is 11.6. The number of hydrogen-bond acceptors (Lipinski definition) is 3. The lowest BCUT2D eigenvalue weighted by molar-refractivity contribution is -0.141. The maximum Gasteiger partial charge on any atom is 0.305 e. The van der Waals surface area contributed by atoms with Gasteiger partial charge in [-0.15, -0.1) is 0 Å². The van der Waals surface area contributed by atoms with Crippen molar-refractivity contribution in [1.82, 2.24) is 0 Å². The van der Waals surface area contributed by atoms with Crippen LogP contribution in [0.5, 0.6) is 0 Å². The van der Waals surface area contributed by atoms with Crippen molar-refractivity contribution >= 4 is 5.97 Å². The highest BCUT2D eigenvalue weighted by molar-refractivity contribution is 5.69. The first-order valence-corrected chi connectivity index (χ1v) is 11.8. The minimum Gasteiger partial charge on any atom is -0.469 e. The molecule has 8 atom stereocenters. The zero-order valence-electron chi connectivity index (χ0n) is 18.4. The van der Waals surface area contributed by atoms with Gasteiger partial charge in [0.1, 0.15) is 0 Å². The molecule has 0 aliphatic heterocycles. The topological polar surface area (TPSA) is 46.5 Å². The number of allylic oxidation sites excluding steroid dienone is 1. The highest BCUT2D eigenvalue weighted by atomic mass is 16.5. The molecule has 0 amide bonds. The second kappa shape index (κ2) is 7.45. The smallest absolute Gasteiger partial charge is 0.305 e. The molecular formula is C25H40O3. The molecular weight excluding hydrogens is 348 g/mol. The Morgan fingerprint density at radius 1 is 1.21 bits per heavy atom. The van der Waals surface area contributed by atoms with Gasteiger partial charge in [0.15, 0.2) is 0 Å². The van der Waals surface area contributed by atoms with Crippen LogP contribution in [0, 0.1) is 40.4 Å². The summed E-state index contributed by atoms with van der Waals surface area (Å²) in [6.45, 7) is 7.15. The van der Waals surface area contributed by atoms with Crippen molar-refractivity contribution in [3.63, 3.8) is 0 Å². The molecule has 0 radical (unpaired) electrons. The number of aliphatic hydroxyl groups excluding tert-OH is 1. The van der Waals surface area contributed by atoms with Crippen LogP contribution in [0.25, 0.3) is 0 Å². The second-order valence-corrected chi connectivity index (χ2v) is 10.9. The normalized spacial score (nSPS) is 46.0. The Balaban J connectivity index is 1.59. The fraction of sp³-hybridized carbons (Fsp3) is 0.880. The van der Waals surface area contributed by atoms with Crippen molar-refractivity contribution in [2.24, 2.45) is 40.4 Å². The van der Waals surface area contributed by atoms with Crippen LogP contribution in [0.2, 0.25) is 0 Å². The van der Waals surface area contributed by atoms with Crippen LogP contribution in [0.1, 0.15) is 85.0 Å². The van der Waals surface area contributed by atoms with Crippen LogP contribution in [-0.4, -0.2) is 24.3 Å². The van der Waals surface area contributed by atoms with Gasteiger partial charge >= 0.3 is 5.97 Å². The summed E-state index contributed by atoms with van der Waals surface area (Å²) < 4.78 is 4.85. The van der Waals surface area contributed by atoms with E-state index in [1.54, 1.807) is 5.57 Å². The summed E-state index contributed by atoms with van der Waals surface area (Å²) in [7, 11) is 1.47. The van der Waals surface area contributed by atoms with E-state index in [0.717, 1.165) is 12.3 Å². The Labute approximate surface area is 171 Å². The van der Waals surface area contributed by atoms with E-state index in [9.17, 15) is 9.90 Å². The van der Waals surface area contributed by atoms with E-state index >= 15 is 0 Å². The Hall–Kier alpha value is -0.830. The summed E-state index contributed by atoms with van der Waals surface area (Å²) in [5.41, 5.74) is 1.92. The predicted octanol–water partition coefficient (Wildman–Crippen LogP) is 5.52. The van der Waals surface area contributed by atoms with Crippen LogP contribution in [0.4, 0.5) is 0 Å². The van der Waals surface area contributed by atoms with Crippen LogP contribution in [0.3, 0.4) is 0 Å². The number of rotatable bonds is 4. The van der Waals surface area contributed by atoms with Gasteiger partial charge in [0, 0.05) is 11.8 Å². The number of esters is 1. The van der Waals surface area contributed by atoms with Gasteiger partial charge in [-0.1, -0.05) is 45.3 Å². The number of fused-ring (bicyclic) bond motifs is 5. The lowest BCUT2D eigenvalue weighted by Crippen LogP contribution is -2.52. The molecule has 0 saturated heterocycles. The van der Waals surface area contributed by atoms with Gasteiger partial charge in [-0.3, -0.25) is 4.79 Å². The highest BCUT2D eigenvalue weighted by Gasteiger charge is 2.60. The summed E-state index contributed by atoms with van der Waals surface area (Å²) in [6.07, 6.45) is 13.9. The largest absolute Gasteiger partial charge is 0.469 e. The quantitative estimate of drug-likeness (QED) is 0.510. The molecule has 0 heterocycles. The molecule has 0 bridgehead atoms. The molecule has 1 N–H and O–H groups in total. The molecule has 4 rings (SSSR count). The summed E-state index contributed by atoms with van der Waals surface area (Å²) in [5.74, 6) is 2.93. The van der Waals surface area contributed by atoms with E-state index < -0.39 is 0 Å². The maximum absolute atomic E-state index is 11.6. The summed E-state index contributed by atoms with van der Waals surface area (Å²) in [4.78, 5) is 11.6. The van der Waals surface area contributed by atoms with E-state index in [0.29, 0.717) is 35.5 Å². The fourth-order valence-electron chi connectivity index (χ4n) is 8.17. The van der Waals surface area contributed by atoms with Gasteiger partial charge in [0.05, 0.1) is 13.2 Å². The first kappa shape index (κ1) is 20.4. The Bertz CT molecular complexity index is 640. The number of carbonyl (C=O) groups is 1. The SMILES string of the molecule is COC(=O)CC[C@@H](C)[C@H]1CCC2C3CC[C@@H]4CCCC[C@]4(C)C3=C[C@@H](O)[C@@]21C. The first-order valence-electron chi connectivity index (χ1n) is 11.8. The van der Waals surface area contributed by atoms with Gasteiger partial charge < -0.3 is 9.84 Å². The third-order valence-corrected chi connectivity index (χ3v) is 9.85. The van der Waals surface area contributed by atoms with Crippen LogP contribution in [0.15, 0.2) is 11.6 Å². The van der Waals surface area contributed by atoms with E-state index in [4.69, 9.17) is 4.74 Å². The van der Waals surface area contributed by atoms with E-state index in [-0.39, 0.29) is 17.5 Å². The van der Waals surface area contributed by atoms with Crippen LogP contribution < -0.4 is 0 Å². The zero-order valence-corrected chi connectivity index (χ0v) is 18.4. The molecule has 0 aromatic heterocycles. The zero-order chi connectivity index (χ0) is 20.1. The molecule has 3 saturated carbocycles. The van der Waals surface area contributed by atoms with Crippen LogP contribution >= 0.6 is 0 Å². The number of hydrogen-bond donors (Lipinski definition) is 1. The van der Waals surface area contributed by atoms with Gasteiger partial charge in [0.25, 0.3) is 0 Å². The number of methoxy groups -OCH3 is 1. The van der Waals surface area contributed by atoms with Gasteiger partial charge in [-0.05, 0) is 80.0 Å². The minimum absolute atomic E-state index is 0.0401. The van der Waals surface area contributed by atoms with Crippen LogP contribution in [-0.2, 0) is 9.53 Å². The molecule has 0 spiro atoms. The lowest BCUT2D eigenvalue weighted by Gasteiger charge is -2.57. The number of aliphatic hydroxyl groups is 1. The third kappa shape index (κ3) is 2.99. The molecule has 2 unspecified atom stereocenters. The number of ether oxygens (including phenoxy) is 1. The summed E-state index contributed by atoms with van der Waals surface area (Å²) >= 11 is 0. The molecule has 4 aliphatic rings. The predicted molar refractivity (Wildman–Crippen MR) is 112 cm³/mol. The van der Waals surface area contributed by atoms with Crippen molar-refractivity contribution < 1.29 is 14.6 Å². The molecule has 158 valence electrons. The second-order valence-electron chi connectivity index (χ2n) is 10.9. The van der Waals surface area contributed by atoms with Crippen molar-refractivity contribution in [3.05, 3.63) is 11.6 Å². The molecule has 28 heavy (non-hydrogen) atoms. The van der Waals surface area contributed by atoms with Crippen molar-refractivity contribution in [3.8, 4) is 0 Å². The molecule has 3 fully saturated rings. The summed E-state index contributed by atoms with van der Waals surface area (Å²) in [6, 6.07) is 0. The molecule has 3 heteroatoms. The Morgan fingerprint density at radius 2 is 2.00 bits per heavy atom. The highest BCUT2D eigenvalue weighted by Crippen LogP contribution is 2.66. The Morgan fingerprint density at radius 3 is 2.75 bits per heavy atom. The van der Waals surface area contributed by atoms with Gasteiger partial charge in [-0.2, -0.15) is 0 Å². The minimum atomic E-state index is -0.339. The molecule has 0 aromatic rings. The molecule has 0 aromatic carbocycles. The molecule has 4 aliphatic carbocycles. The fourth-order valence-corrected chi connectivity index (χ4v) is 8.17. The number of carbonyl (C=O) groups excluding carboxylic acids is 1. The first-order chi connectivity index (χ1) is 13.3. The molecule has 3 nitrogen and oxygen atoms in total. The van der Waals surface area contributed by atoms with E-state index in [2.05, 4.69) is 26.8 Å². The summed E-state index contributed by atoms with van der Waals surface area (Å²) in [5, 5.41) is 11.5. The average molecular weight is 389 g/mol. The van der Waals surface area contributed by atoms with E-state index in [1.807, 2.05) is 0 Å². The third-order valence-electron chi connectivity index (χ3n) is 9.85. The average Bonchev–Trinajstić information content (AvgIpc) is 3.05. The van der Waals surface area contributed by atoms with Gasteiger partial charge in [0.2, 0.25) is 0 Å². The standard InChI is InChI=1S/C25H40O3/c1-16(8-13-23(27)28-4)19-11-12-20-18-10-9-17-7-5-6-14-24(17,2)21(18)15-22(26)25(19,20)3/h15-20,22,26H,5-14H2,1-4H3/t16-,17+,18?,19-,20?,22-,24+,25-/m1/s1. The lowest BCUT2D eigenvalue weighted by atomic mass is 9.48. The van der Waals surface area contributed by atoms with Crippen molar-refractivity contribution in [2.75, 3.05) is 7.11 Å². The van der Waals surface area contributed by atoms with E-state index in [1.165, 1.54) is 58.5 Å². The van der Waals surface area contributed by atoms with Crippen molar-refractivity contribution in [1.29, 1.82) is 0 Å². The van der Waals surface area contributed by atoms with Crippen molar-refractivity contribution in [2.45, 2.75) is 91.1 Å². The Kier molecular flexibility index (Phi) is 5.44.